The third kappa shape index (κ3) is 2.86. The lowest BCUT2D eigenvalue weighted by Gasteiger charge is -2.11. The Kier molecular flexibility index (Phi) is 3.83. The fourth-order valence-corrected chi connectivity index (χ4v) is 3.63. The number of benzene rings is 1. The van der Waals surface area contributed by atoms with Crippen molar-refractivity contribution in [1.82, 2.24) is 14.5 Å². The number of imidazole rings is 1. The number of fused-ring (bicyclic) bond motifs is 1. The minimum absolute atomic E-state index is 0.824. The number of hydrogen-bond acceptors (Lipinski definition) is 5. The highest BCUT2D eigenvalue weighted by molar-refractivity contribution is 7.14. The Hall–Kier alpha value is -2.21. The lowest BCUT2D eigenvalue weighted by molar-refractivity contribution is 0.665. The van der Waals surface area contributed by atoms with Crippen LogP contribution in [0, 0.1) is 0 Å². The molecule has 0 spiro atoms. The summed E-state index contributed by atoms with van der Waals surface area (Å²) in [4.78, 5) is 9.33. The highest BCUT2D eigenvalue weighted by atomic mass is 32.1. The van der Waals surface area contributed by atoms with Gasteiger partial charge in [-0.25, -0.2) is 9.97 Å². The monoisotopic (exact) mass is 325 g/mol. The van der Waals surface area contributed by atoms with Gasteiger partial charge in [-0.05, 0) is 37.8 Å². The second-order valence-electron chi connectivity index (χ2n) is 5.87. The summed E-state index contributed by atoms with van der Waals surface area (Å²) >= 11 is 1.57. The molecule has 0 aliphatic heterocycles. The minimum atomic E-state index is 0.824. The zero-order valence-electron chi connectivity index (χ0n) is 13.1. The van der Waals surface area contributed by atoms with Gasteiger partial charge in [0, 0.05) is 18.1 Å². The van der Waals surface area contributed by atoms with Crippen molar-refractivity contribution in [3.05, 3.63) is 29.6 Å². The number of para-hydroxylation sites is 2. The predicted octanol–water partition coefficient (Wildman–Crippen LogP) is 4.43. The highest BCUT2D eigenvalue weighted by Crippen LogP contribution is 2.27. The molecule has 1 saturated carbocycles. The smallest absolute Gasteiger partial charge is 0.203 e. The van der Waals surface area contributed by atoms with E-state index in [2.05, 4.69) is 31.1 Å². The summed E-state index contributed by atoms with van der Waals surface area (Å²) in [6.07, 6.45) is 6.05. The first-order chi connectivity index (χ1) is 11.3. The summed E-state index contributed by atoms with van der Waals surface area (Å²) in [5, 5.41) is 7.37. The first-order valence-corrected chi connectivity index (χ1v) is 8.88. The topological polar surface area (TPSA) is 55.1 Å². The van der Waals surface area contributed by atoms with E-state index in [-0.39, 0.29) is 0 Å². The molecule has 2 heterocycles. The average Bonchev–Trinajstić information content (AvgIpc) is 3.19. The van der Waals surface area contributed by atoms with Crippen LogP contribution in [0.15, 0.2) is 34.7 Å². The maximum atomic E-state index is 4.69. The number of aromatic nitrogens is 3. The molecule has 0 bridgehead atoms. The quantitative estimate of drug-likeness (QED) is 0.725. The van der Waals surface area contributed by atoms with Gasteiger partial charge in [0.05, 0.1) is 11.0 Å². The second kappa shape index (κ2) is 6.12. The van der Waals surface area contributed by atoms with Crippen LogP contribution in [-0.2, 0) is 7.05 Å². The van der Waals surface area contributed by atoms with Crippen molar-refractivity contribution in [3.8, 4) is 11.5 Å². The van der Waals surface area contributed by atoms with Gasteiger partial charge in [0.25, 0.3) is 0 Å². The van der Waals surface area contributed by atoms with Crippen LogP contribution < -0.4 is 5.43 Å². The molecule has 1 fully saturated rings. The SMILES string of the molecule is Cn1c(-c2csc(NN=C3CCCCC3)n2)nc2ccccc21. The number of hydrazone groups is 1. The molecule has 5 nitrogen and oxygen atoms in total. The van der Waals surface area contributed by atoms with Gasteiger partial charge in [0.1, 0.15) is 5.69 Å². The largest absolute Gasteiger partial charge is 0.326 e. The van der Waals surface area contributed by atoms with Gasteiger partial charge in [0.15, 0.2) is 5.82 Å². The molecule has 23 heavy (non-hydrogen) atoms. The molecule has 118 valence electrons. The molecule has 2 aromatic heterocycles. The van der Waals surface area contributed by atoms with Crippen LogP contribution in [0.3, 0.4) is 0 Å². The summed E-state index contributed by atoms with van der Waals surface area (Å²) < 4.78 is 2.08. The first kappa shape index (κ1) is 14.4. The van der Waals surface area contributed by atoms with E-state index in [1.54, 1.807) is 11.3 Å². The van der Waals surface area contributed by atoms with E-state index in [1.165, 1.54) is 25.0 Å². The number of hydrogen-bond donors (Lipinski definition) is 1. The van der Waals surface area contributed by atoms with Crippen LogP contribution in [0.25, 0.3) is 22.6 Å². The molecular weight excluding hydrogens is 306 g/mol. The normalized spacial score (nSPS) is 15.1. The van der Waals surface area contributed by atoms with E-state index in [0.29, 0.717) is 0 Å². The lowest BCUT2D eigenvalue weighted by Crippen LogP contribution is -2.07. The van der Waals surface area contributed by atoms with Crippen molar-refractivity contribution in [1.29, 1.82) is 0 Å². The van der Waals surface area contributed by atoms with Crippen molar-refractivity contribution in [2.24, 2.45) is 12.1 Å². The van der Waals surface area contributed by atoms with E-state index < -0.39 is 0 Å². The highest BCUT2D eigenvalue weighted by Gasteiger charge is 2.13. The number of anilines is 1. The minimum Gasteiger partial charge on any atom is -0.326 e. The molecule has 1 aromatic carbocycles. The Balaban J connectivity index is 1.58. The standard InChI is InChI=1S/C17H19N5S/c1-22-15-10-6-5-9-13(15)18-16(22)14-11-23-17(19-14)21-20-12-7-3-2-4-8-12/h5-6,9-11H,2-4,7-8H2,1H3,(H,19,21). The van der Waals surface area contributed by atoms with Crippen LogP contribution in [0.5, 0.6) is 0 Å². The summed E-state index contributed by atoms with van der Waals surface area (Å²) in [6, 6.07) is 8.14. The van der Waals surface area contributed by atoms with Crippen molar-refractivity contribution in [3.63, 3.8) is 0 Å². The molecule has 0 atom stereocenters. The molecule has 1 N–H and O–H groups in total. The van der Waals surface area contributed by atoms with E-state index in [9.17, 15) is 0 Å². The Labute approximate surface area is 139 Å². The van der Waals surface area contributed by atoms with Crippen molar-refractivity contribution < 1.29 is 0 Å². The fourth-order valence-electron chi connectivity index (χ4n) is 3.00. The molecule has 6 heteroatoms. The Morgan fingerprint density at radius 2 is 1.96 bits per heavy atom. The van der Waals surface area contributed by atoms with Crippen LogP contribution in [-0.4, -0.2) is 20.2 Å². The first-order valence-electron chi connectivity index (χ1n) is 8.00. The second-order valence-corrected chi connectivity index (χ2v) is 6.73. The van der Waals surface area contributed by atoms with E-state index in [1.807, 2.05) is 30.6 Å². The summed E-state index contributed by atoms with van der Waals surface area (Å²) in [7, 11) is 2.03. The molecule has 0 radical (unpaired) electrons. The van der Waals surface area contributed by atoms with Gasteiger partial charge >= 0.3 is 0 Å². The van der Waals surface area contributed by atoms with Gasteiger partial charge in [-0.1, -0.05) is 18.6 Å². The zero-order valence-corrected chi connectivity index (χ0v) is 13.9. The van der Waals surface area contributed by atoms with Crippen LogP contribution >= 0.6 is 11.3 Å². The van der Waals surface area contributed by atoms with Gasteiger partial charge in [-0.2, -0.15) is 5.10 Å². The Morgan fingerprint density at radius 3 is 2.78 bits per heavy atom. The number of nitrogens with zero attached hydrogens (tertiary/aromatic N) is 4. The van der Waals surface area contributed by atoms with Gasteiger partial charge in [0.2, 0.25) is 5.13 Å². The predicted molar refractivity (Wildman–Crippen MR) is 96.0 cm³/mol. The van der Waals surface area contributed by atoms with Crippen LogP contribution in [0.1, 0.15) is 32.1 Å². The maximum Gasteiger partial charge on any atom is 0.203 e. The molecule has 0 unspecified atom stereocenters. The van der Waals surface area contributed by atoms with Crippen LogP contribution in [0.2, 0.25) is 0 Å². The Bertz CT molecular complexity index is 853. The summed E-state index contributed by atoms with van der Waals surface area (Å²) in [6.45, 7) is 0. The molecule has 0 amide bonds. The molecule has 1 aliphatic carbocycles. The third-order valence-corrected chi connectivity index (χ3v) is 5.01. The average molecular weight is 325 g/mol. The summed E-state index contributed by atoms with van der Waals surface area (Å²) in [5.41, 5.74) is 7.38. The molecule has 3 aromatic rings. The van der Waals surface area contributed by atoms with Crippen molar-refractivity contribution in [2.45, 2.75) is 32.1 Å². The molecule has 1 aliphatic rings. The number of thiazole rings is 1. The van der Waals surface area contributed by atoms with Crippen LogP contribution in [0.4, 0.5) is 5.13 Å². The van der Waals surface area contributed by atoms with Crippen molar-refractivity contribution >= 4 is 33.2 Å². The molecular formula is C17H19N5S. The number of rotatable bonds is 3. The van der Waals surface area contributed by atoms with Gasteiger partial charge < -0.3 is 4.57 Å². The maximum absolute atomic E-state index is 4.69. The van der Waals surface area contributed by atoms with E-state index in [0.717, 1.165) is 40.5 Å². The van der Waals surface area contributed by atoms with Crippen molar-refractivity contribution in [2.75, 3.05) is 5.43 Å². The molecule has 0 saturated heterocycles. The number of aryl methyl sites for hydroxylation is 1. The fraction of sp³-hybridized carbons (Fsp3) is 0.353. The zero-order chi connectivity index (χ0) is 15.6. The van der Waals surface area contributed by atoms with E-state index >= 15 is 0 Å². The third-order valence-electron chi connectivity index (χ3n) is 4.26. The number of nitrogens with one attached hydrogen (secondary N) is 1. The van der Waals surface area contributed by atoms with E-state index in [4.69, 9.17) is 0 Å². The Morgan fingerprint density at radius 1 is 1.13 bits per heavy atom. The summed E-state index contributed by atoms with van der Waals surface area (Å²) in [5.74, 6) is 0.890. The van der Waals surface area contributed by atoms with Gasteiger partial charge in [-0.3, -0.25) is 5.43 Å². The molecule has 4 rings (SSSR count). The lowest BCUT2D eigenvalue weighted by atomic mass is 9.99. The van der Waals surface area contributed by atoms with Gasteiger partial charge in [-0.15, -0.1) is 11.3 Å².